The Hall–Kier alpha value is -4.34. The van der Waals surface area contributed by atoms with Gasteiger partial charge in [-0.05, 0) is 60.7 Å². The molecule has 10 heteroatoms. The molecule has 1 aliphatic rings. The van der Waals surface area contributed by atoms with E-state index in [4.69, 9.17) is 9.47 Å². The number of carbonyl (C=O) groups is 3. The van der Waals surface area contributed by atoms with Gasteiger partial charge in [0.25, 0.3) is 0 Å². The fourth-order valence-corrected chi connectivity index (χ4v) is 4.69. The normalized spacial score (nSPS) is 13.7. The van der Waals surface area contributed by atoms with E-state index in [1.54, 1.807) is 0 Å². The summed E-state index contributed by atoms with van der Waals surface area (Å²) in [5.41, 5.74) is 1.09. The third kappa shape index (κ3) is 6.44. The standard InChI is InChI=1S/C30H28F3NO6/c1-29(2,3)40-27(37)22-14-17(12-13-24(22)30(31,32)33)15-25(26(35)36)34-28(38)39-16-23-20-10-6-4-8-18(20)19-9-5-7-11-21(19)23/h4-14,23,25H,15-16H2,1-3H3,(H,34,38)(H,35,36)/t25-/m0/s1. The molecule has 2 N–H and O–H groups in total. The number of nitrogens with one attached hydrogen (secondary N) is 1. The van der Waals surface area contributed by atoms with Gasteiger partial charge in [-0.3, -0.25) is 0 Å². The monoisotopic (exact) mass is 555 g/mol. The predicted octanol–water partition coefficient (Wildman–Crippen LogP) is 6.20. The van der Waals surface area contributed by atoms with Crippen LogP contribution in [0.4, 0.5) is 18.0 Å². The van der Waals surface area contributed by atoms with E-state index in [0.717, 1.165) is 34.4 Å². The van der Waals surface area contributed by atoms with Crippen LogP contribution in [-0.2, 0) is 26.9 Å². The molecule has 0 unspecified atom stereocenters. The minimum atomic E-state index is -4.84. The molecule has 0 saturated heterocycles. The van der Waals surface area contributed by atoms with Gasteiger partial charge in [0.05, 0.1) is 11.1 Å². The number of hydrogen-bond donors (Lipinski definition) is 2. The molecule has 40 heavy (non-hydrogen) atoms. The lowest BCUT2D eigenvalue weighted by atomic mass is 9.98. The lowest BCUT2D eigenvalue weighted by Gasteiger charge is -2.22. The molecule has 7 nitrogen and oxygen atoms in total. The highest BCUT2D eigenvalue weighted by atomic mass is 19.4. The third-order valence-electron chi connectivity index (χ3n) is 6.38. The number of carboxylic acid groups (broad SMARTS) is 1. The second-order valence-electron chi connectivity index (χ2n) is 10.4. The first kappa shape index (κ1) is 28.7. The lowest BCUT2D eigenvalue weighted by molar-refractivity contribution is -0.140. The Kier molecular flexibility index (Phi) is 7.91. The summed E-state index contributed by atoms with van der Waals surface area (Å²) < 4.78 is 51.2. The molecular formula is C30H28F3NO6. The number of esters is 1. The van der Waals surface area contributed by atoms with Gasteiger partial charge in [-0.1, -0.05) is 54.6 Å². The first-order chi connectivity index (χ1) is 18.7. The average Bonchev–Trinajstić information content (AvgIpc) is 3.19. The zero-order chi connectivity index (χ0) is 29.2. The van der Waals surface area contributed by atoms with Crippen molar-refractivity contribution in [2.45, 2.75) is 50.9 Å². The number of carboxylic acids is 1. The minimum Gasteiger partial charge on any atom is -0.480 e. The van der Waals surface area contributed by atoms with Crippen LogP contribution in [0.2, 0.25) is 0 Å². The summed E-state index contributed by atoms with van der Waals surface area (Å²) in [5.74, 6) is -2.86. The number of alkyl halides is 3. The molecular weight excluding hydrogens is 527 g/mol. The molecule has 0 saturated carbocycles. The number of carbonyl (C=O) groups excluding carboxylic acids is 2. The third-order valence-corrected chi connectivity index (χ3v) is 6.38. The maximum Gasteiger partial charge on any atom is 0.417 e. The number of aliphatic carboxylic acids is 1. The van der Waals surface area contributed by atoms with Crippen LogP contribution in [-0.4, -0.2) is 41.4 Å². The van der Waals surface area contributed by atoms with Crippen LogP contribution in [0.3, 0.4) is 0 Å². The Morgan fingerprint density at radius 1 is 0.925 bits per heavy atom. The highest BCUT2D eigenvalue weighted by molar-refractivity contribution is 5.92. The minimum absolute atomic E-state index is 0.0464. The highest BCUT2D eigenvalue weighted by Gasteiger charge is 2.37. The summed E-state index contributed by atoms with van der Waals surface area (Å²) in [6.45, 7) is 4.50. The van der Waals surface area contributed by atoms with Gasteiger partial charge in [0, 0.05) is 12.3 Å². The number of halogens is 3. The quantitative estimate of drug-likeness (QED) is 0.337. The molecule has 1 aliphatic carbocycles. The van der Waals surface area contributed by atoms with Crippen LogP contribution in [0.5, 0.6) is 0 Å². The molecule has 0 spiro atoms. The fraction of sp³-hybridized carbons (Fsp3) is 0.300. The summed E-state index contributed by atoms with van der Waals surface area (Å²) >= 11 is 0. The molecule has 0 aliphatic heterocycles. The molecule has 210 valence electrons. The summed E-state index contributed by atoms with van der Waals surface area (Å²) in [7, 11) is 0. The molecule has 3 aromatic carbocycles. The Bertz CT molecular complexity index is 1400. The van der Waals surface area contributed by atoms with Crippen molar-refractivity contribution in [1.29, 1.82) is 0 Å². The van der Waals surface area contributed by atoms with E-state index >= 15 is 0 Å². The van der Waals surface area contributed by atoms with Crippen LogP contribution in [0.1, 0.15) is 59.3 Å². The largest absolute Gasteiger partial charge is 0.480 e. The van der Waals surface area contributed by atoms with Crippen molar-refractivity contribution in [2.24, 2.45) is 0 Å². The lowest BCUT2D eigenvalue weighted by Crippen LogP contribution is -2.43. The second-order valence-corrected chi connectivity index (χ2v) is 10.4. The first-order valence-corrected chi connectivity index (χ1v) is 12.5. The number of amides is 1. The maximum absolute atomic E-state index is 13.6. The molecule has 0 radical (unpaired) electrons. The van der Waals surface area contributed by atoms with Gasteiger partial charge in [-0.25, -0.2) is 14.4 Å². The second kappa shape index (κ2) is 11.0. The topological polar surface area (TPSA) is 102 Å². The molecule has 4 rings (SSSR count). The summed E-state index contributed by atoms with van der Waals surface area (Å²) in [5, 5.41) is 12.0. The van der Waals surface area contributed by atoms with Gasteiger partial charge in [0.1, 0.15) is 18.2 Å². The first-order valence-electron chi connectivity index (χ1n) is 12.5. The van der Waals surface area contributed by atoms with E-state index in [0.29, 0.717) is 6.07 Å². The van der Waals surface area contributed by atoms with E-state index < -0.39 is 53.4 Å². The number of benzene rings is 3. The number of fused-ring (bicyclic) bond motifs is 3. The van der Waals surface area contributed by atoms with E-state index in [1.165, 1.54) is 20.8 Å². The number of hydrogen-bond acceptors (Lipinski definition) is 5. The fourth-order valence-electron chi connectivity index (χ4n) is 4.69. The van der Waals surface area contributed by atoms with Gasteiger partial charge in [-0.2, -0.15) is 13.2 Å². The zero-order valence-electron chi connectivity index (χ0n) is 22.0. The van der Waals surface area contributed by atoms with Crippen molar-refractivity contribution in [3.05, 3.63) is 94.5 Å². The molecule has 0 bridgehead atoms. The Morgan fingerprint density at radius 3 is 2.02 bits per heavy atom. The van der Waals surface area contributed by atoms with Gasteiger partial charge >= 0.3 is 24.2 Å². The van der Waals surface area contributed by atoms with E-state index in [2.05, 4.69) is 5.32 Å². The zero-order valence-corrected chi connectivity index (χ0v) is 22.0. The van der Waals surface area contributed by atoms with E-state index in [9.17, 15) is 32.7 Å². The van der Waals surface area contributed by atoms with Crippen LogP contribution in [0.25, 0.3) is 11.1 Å². The van der Waals surface area contributed by atoms with Crippen molar-refractivity contribution < 1.29 is 42.1 Å². The van der Waals surface area contributed by atoms with E-state index in [-0.39, 0.29) is 18.1 Å². The number of rotatable bonds is 7. The van der Waals surface area contributed by atoms with Gasteiger partial charge in [0.2, 0.25) is 0 Å². The van der Waals surface area contributed by atoms with Crippen molar-refractivity contribution in [3.63, 3.8) is 0 Å². The van der Waals surface area contributed by atoms with Crippen LogP contribution in [0, 0.1) is 0 Å². The van der Waals surface area contributed by atoms with Crippen molar-refractivity contribution in [1.82, 2.24) is 5.32 Å². The number of ether oxygens (including phenoxy) is 2. The molecule has 3 aromatic rings. The smallest absolute Gasteiger partial charge is 0.417 e. The Morgan fingerprint density at radius 2 is 1.50 bits per heavy atom. The maximum atomic E-state index is 13.6. The summed E-state index contributed by atoms with van der Waals surface area (Å²) in [4.78, 5) is 37.1. The SMILES string of the molecule is CC(C)(C)OC(=O)c1cc(C[C@H](NC(=O)OCC2c3ccccc3-c3ccccc32)C(=O)O)ccc1C(F)(F)F. The molecule has 1 atom stereocenters. The Balaban J connectivity index is 1.48. The van der Waals surface area contributed by atoms with Gasteiger partial charge in [0.15, 0.2) is 0 Å². The van der Waals surface area contributed by atoms with Crippen LogP contribution in [0.15, 0.2) is 66.7 Å². The number of alkyl carbamates (subject to hydrolysis) is 1. The predicted molar refractivity (Wildman–Crippen MR) is 140 cm³/mol. The molecule has 0 aromatic heterocycles. The highest BCUT2D eigenvalue weighted by Crippen LogP contribution is 2.44. The van der Waals surface area contributed by atoms with Crippen molar-refractivity contribution in [2.75, 3.05) is 6.61 Å². The van der Waals surface area contributed by atoms with Crippen LogP contribution < -0.4 is 5.32 Å². The van der Waals surface area contributed by atoms with Crippen molar-refractivity contribution in [3.8, 4) is 11.1 Å². The molecule has 0 fully saturated rings. The summed E-state index contributed by atoms with van der Waals surface area (Å²) in [6, 6.07) is 16.6. The Labute approximate surface area is 228 Å². The van der Waals surface area contributed by atoms with Gasteiger partial charge < -0.3 is 19.9 Å². The molecule has 1 amide bonds. The van der Waals surface area contributed by atoms with Gasteiger partial charge in [-0.15, -0.1) is 0 Å². The molecule has 0 heterocycles. The van der Waals surface area contributed by atoms with Crippen LogP contribution >= 0.6 is 0 Å². The van der Waals surface area contributed by atoms with E-state index in [1.807, 2.05) is 48.5 Å². The van der Waals surface area contributed by atoms with Crippen molar-refractivity contribution >= 4 is 18.0 Å². The summed E-state index contributed by atoms with van der Waals surface area (Å²) in [6.07, 6.45) is -6.22. The average molecular weight is 556 g/mol.